The fraction of sp³-hybridized carbons (Fsp3) is 0.586. The zero-order chi connectivity index (χ0) is 22.5. The first-order valence-corrected chi connectivity index (χ1v) is 13.1. The molecule has 174 valence electrons. The fourth-order valence-corrected chi connectivity index (χ4v) is 6.49. The third kappa shape index (κ3) is 6.13. The van der Waals surface area contributed by atoms with Crippen molar-refractivity contribution in [1.29, 1.82) is 0 Å². The number of rotatable bonds is 7. The van der Waals surface area contributed by atoms with Crippen molar-refractivity contribution in [2.75, 3.05) is 0 Å². The van der Waals surface area contributed by atoms with Gasteiger partial charge in [-0.1, -0.05) is 74.5 Å². The minimum atomic E-state index is -0.640. The molecule has 0 spiro atoms. The standard InChI is InChI=1S/C29H37ClF2/c1-20(24-5-3-2-4-6-24)17-22-11-15-26(16-12-22)25-13-9-21(10-14-25)7-8-23-18-27(31)29(30)28(32)19-23/h2-6,18-22,25-26H,7-17H2,1H3/t20-,21?,22?,25?,26?/m0/s1. The van der Waals surface area contributed by atoms with Crippen molar-refractivity contribution < 1.29 is 8.78 Å². The summed E-state index contributed by atoms with van der Waals surface area (Å²) in [6, 6.07) is 13.8. The van der Waals surface area contributed by atoms with Crippen LogP contribution in [0.1, 0.15) is 88.2 Å². The van der Waals surface area contributed by atoms with Crippen LogP contribution in [-0.4, -0.2) is 0 Å². The molecule has 2 saturated carbocycles. The molecule has 2 aliphatic rings. The van der Waals surface area contributed by atoms with Crippen molar-refractivity contribution >= 4 is 11.6 Å². The average Bonchev–Trinajstić information content (AvgIpc) is 2.82. The molecule has 0 N–H and O–H groups in total. The van der Waals surface area contributed by atoms with Gasteiger partial charge in [-0.2, -0.15) is 0 Å². The van der Waals surface area contributed by atoms with Gasteiger partial charge in [-0.3, -0.25) is 0 Å². The van der Waals surface area contributed by atoms with Crippen molar-refractivity contribution in [3.05, 3.63) is 70.2 Å². The quantitative estimate of drug-likeness (QED) is 0.362. The summed E-state index contributed by atoms with van der Waals surface area (Å²) >= 11 is 5.60. The molecule has 0 nitrogen and oxygen atoms in total. The maximum atomic E-state index is 13.7. The van der Waals surface area contributed by atoms with E-state index in [4.69, 9.17) is 11.6 Å². The Balaban J connectivity index is 1.17. The van der Waals surface area contributed by atoms with E-state index in [2.05, 4.69) is 37.3 Å². The van der Waals surface area contributed by atoms with E-state index >= 15 is 0 Å². The molecule has 2 aromatic rings. The maximum absolute atomic E-state index is 13.7. The molecule has 2 aliphatic carbocycles. The van der Waals surface area contributed by atoms with Crippen LogP contribution in [0, 0.1) is 35.3 Å². The van der Waals surface area contributed by atoms with E-state index in [0.29, 0.717) is 11.8 Å². The summed E-state index contributed by atoms with van der Waals surface area (Å²) < 4.78 is 27.3. The Morgan fingerprint density at radius 1 is 0.812 bits per heavy atom. The summed E-state index contributed by atoms with van der Waals surface area (Å²) in [5, 5.41) is -0.390. The number of halogens is 3. The summed E-state index contributed by atoms with van der Waals surface area (Å²) in [4.78, 5) is 0. The van der Waals surface area contributed by atoms with Gasteiger partial charge in [-0.25, -0.2) is 8.78 Å². The molecule has 0 amide bonds. The van der Waals surface area contributed by atoms with E-state index in [9.17, 15) is 8.78 Å². The lowest BCUT2D eigenvalue weighted by Gasteiger charge is -2.38. The molecule has 3 heteroatoms. The van der Waals surface area contributed by atoms with Crippen LogP contribution in [0.3, 0.4) is 0 Å². The second-order valence-electron chi connectivity index (χ2n) is 10.5. The third-order valence-corrected chi connectivity index (χ3v) is 8.75. The van der Waals surface area contributed by atoms with Gasteiger partial charge >= 0.3 is 0 Å². The van der Waals surface area contributed by atoms with E-state index in [1.165, 1.54) is 75.5 Å². The highest BCUT2D eigenvalue weighted by atomic mass is 35.5. The van der Waals surface area contributed by atoms with E-state index in [-0.39, 0.29) is 0 Å². The monoisotopic (exact) mass is 458 g/mol. The predicted octanol–water partition coefficient (Wildman–Crippen LogP) is 9.36. The van der Waals surface area contributed by atoms with Crippen molar-refractivity contribution in [3.8, 4) is 0 Å². The Morgan fingerprint density at radius 2 is 1.34 bits per heavy atom. The Morgan fingerprint density at radius 3 is 1.91 bits per heavy atom. The molecular weight excluding hydrogens is 422 g/mol. The van der Waals surface area contributed by atoms with E-state index in [0.717, 1.165) is 36.2 Å². The maximum Gasteiger partial charge on any atom is 0.145 e. The van der Waals surface area contributed by atoms with Gasteiger partial charge in [-0.15, -0.1) is 0 Å². The van der Waals surface area contributed by atoms with Crippen LogP contribution in [0.5, 0.6) is 0 Å². The van der Waals surface area contributed by atoms with Gasteiger partial charge in [0.2, 0.25) is 0 Å². The van der Waals surface area contributed by atoms with Crippen LogP contribution in [0.4, 0.5) is 8.78 Å². The molecule has 2 aromatic carbocycles. The fourth-order valence-electron chi connectivity index (χ4n) is 6.38. The Labute approximate surface area is 197 Å². The normalized spacial score (nSPS) is 27.2. The van der Waals surface area contributed by atoms with Crippen LogP contribution in [-0.2, 0) is 6.42 Å². The van der Waals surface area contributed by atoms with Gasteiger partial charge in [0.15, 0.2) is 0 Å². The van der Waals surface area contributed by atoms with Gasteiger partial charge in [0.1, 0.15) is 16.7 Å². The van der Waals surface area contributed by atoms with Crippen LogP contribution >= 0.6 is 11.6 Å². The molecule has 0 aromatic heterocycles. The van der Waals surface area contributed by atoms with Crippen LogP contribution in [0.2, 0.25) is 5.02 Å². The van der Waals surface area contributed by atoms with Crippen molar-refractivity contribution in [1.82, 2.24) is 0 Å². The lowest BCUT2D eigenvalue weighted by molar-refractivity contribution is 0.139. The van der Waals surface area contributed by atoms with Crippen molar-refractivity contribution in [3.63, 3.8) is 0 Å². The lowest BCUT2D eigenvalue weighted by atomic mass is 9.67. The van der Waals surface area contributed by atoms with Crippen LogP contribution < -0.4 is 0 Å². The number of hydrogen-bond acceptors (Lipinski definition) is 0. The van der Waals surface area contributed by atoms with E-state index in [1.54, 1.807) is 0 Å². The zero-order valence-corrected chi connectivity index (χ0v) is 20.1. The first kappa shape index (κ1) is 23.7. The summed E-state index contributed by atoms with van der Waals surface area (Å²) in [5.74, 6) is 2.77. The predicted molar refractivity (Wildman–Crippen MR) is 130 cm³/mol. The summed E-state index contributed by atoms with van der Waals surface area (Å²) in [6.45, 7) is 2.38. The molecular formula is C29H37ClF2. The second-order valence-corrected chi connectivity index (χ2v) is 10.9. The first-order valence-electron chi connectivity index (χ1n) is 12.7. The minimum Gasteiger partial charge on any atom is -0.205 e. The molecule has 0 unspecified atom stereocenters. The smallest absolute Gasteiger partial charge is 0.145 e. The zero-order valence-electron chi connectivity index (χ0n) is 19.3. The third-order valence-electron chi connectivity index (χ3n) is 8.39. The number of benzene rings is 2. The van der Waals surface area contributed by atoms with Gasteiger partial charge in [0, 0.05) is 0 Å². The topological polar surface area (TPSA) is 0 Å². The van der Waals surface area contributed by atoms with Gasteiger partial charge in [-0.05, 0) is 97.8 Å². The second kappa shape index (κ2) is 11.1. The molecule has 0 aliphatic heterocycles. The highest BCUT2D eigenvalue weighted by Gasteiger charge is 2.31. The molecule has 1 atom stereocenters. The Hall–Kier alpha value is -1.41. The van der Waals surface area contributed by atoms with Crippen molar-refractivity contribution in [2.24, 2.45) is 23.7 Å². The van der Waals surface area contributed by atoms with Crippen LogP contribution in [0.25, 0.3) is 0 Å². The number of hydrogen-bond donors (Lipinski definition) is 0. The van der Waals surface area contributed by atoms with E-state index in [1.807, 2.05) is 0 Å². The molecule has 2 fully saturated rings. The highest BCUT2D eigenvalue weighted by Crippen LogP contribution is 2.44. The molecule has 32 heavy (non-hydrogen) atoms. The molecule has 0 heterocycles. The van der Waals surface area contributed by atoms with Gasteiger partial charge in [0.25, 0.3) is 0 Å². The average molecular weight is 459 g/mol. The number of aryl methyl sites for hydroxylation is 1. The molecule has 0 saturated heterocycles. The summed E-state index contributed by atoms with van der Waals surface area (Å²) in [6.07, 6.45) is 13.9. The van der Waals surface area contributed by atoms with E-state index < -0.39 is 16.7 Å². The Bertz CT molecular complexity index is 826. The van der Waals surface area contributed by atoms with Gasteiger partial charge < -0.3 is 0 Å². The lowest BCUT2D eigenvalue weighted by Crippen LogP contribution is -2.26. The SMILES string of the molecule is C[C@@H](CC1CCC(C2CCC(CCc3cc(F)c(Cl)c(F)c3)CC2)CC1)c1ccccc1. The first-order chi connectivity index (χ1) is 15.5. The molecule has 0 radical (unpaired) electrons. The summed E-state index contributed by atoms with van der Waals surface area (Å²) in [5.41, 5.74) is 2.21. The summed E-state index contributed by atoms with van der Waals surface area (Å²) in [7, 11) is 0. The van der Waals surface area contributed by atoms with Gasteiger partial charge in [0.05, 0.1) is 0 Å². The minimum absolute atomic E-state index is 0.390. The van der Waals surface area contributed by atoms with Crippen molar-refractivity contribution in [2.45, 2.75) is 83.5 Å². The largest absolute Gasteiger partial charge is 0.205 e. The Kier molecular flexibility index (Phi) is 8.27. The molecule has 4 rings (SSSR count). The molecule has 0 bridgehead atoms. The highest BCUT2D eigenvalue weighted by molar-refractivity contribution is 6.30. The van der Waals surface area contributed by atoms with Crippen LogP contribution in [0.15, 0.2) is 42.5 Å².